The van der Waals surface area contributed by atoms with Crippen LogP contribution < -0.4 is 5.73 Å². The topological polar surface area (TPSA) is 26.0 Å². The van der Waals surface area contributed by atoms with E-state index in [1.165, 1.54) is 11.1 Å². The molecule has 1 atom stereocenters. The van der Waals surface area contributed by atoms with E-state index in [9.17, 15) is 0 Å². The maximum absolute atomic E-state index is 6.11. The van der Waals surface area contributed by atoms with Crippen molar-refractivity contribution in [1.82, 2.24) is 0 Å². The summed E-state index contributed by atoms with van der Waals surface area (Å²) in [5, 5.41) is 5.02. The predicted molar refractivity (Wildman–Crippen MR) is 71.2 cm³/mol. The third-order valence-corrected chi connectivity index (χ3v) is 3.47. The molecule has 0 aliphatic rings. The third-order valence-electron chi connectivity index (χ3n) is 2.49. The second kappa shape index (κ2) is 5.48. The van der Waals surface area contributed by atoms with Crippen molar-refractivity contribution in [1.29, 1.82) is 0 Å². The summed E-state index contributed by atoms with van der Waals surface area (Å²) in [5.74, 6) is 0. The van der Waals surface area contributed by atoms with Crippen LogP contribution in [0.4, 0.5) is 0 Å². The molecule has 2 rings (SSSR count). The number of hydrogen-bond donors (Lipinski definition) is 1. The summed E-state index contributed by atoms with van der Waals surface area (Å²) in [5.41, 5.74) is 8.67. The standard InChI is InChI=1S/C13H14ClNS/c14-12-3-1-10(2-4-12)7-13(15)8-11-5-6-16-9-11/h1-6,9,13H,7-8,15H2. The van der Waals surface area contributed by atoms with E-state index in [2.05, 4.69) is 16.8 Å². The van der Waals surface area contributed by atoms with Crippen molar-refractivity contribution in [2.24, 2.45) is 5.73 Å². The van der Waals surface area contributed by atoms with E-state index in [4.69, 9.17) is 17.3 Å². The molecule has 1 aromatic heterocycles. The molecular formula is C13H14ClNS. The summed E-state index contributed by atoms with van der Waals surface area (Å²) in [7, 11) is 0. The van der Waals surface area contributed by atoms with Gasteiger partial charge in [0.1, 0.15) is 0 Å². The Kier molecular flexibility index (Phi) is 3.99. The van der Waals surface area contributed by atoms with E-state index in [-0.39, 0.29) is 6.04 Å². The molecule has 0 bridgehead atoms. The first kappa shape index (κ1) is 11.6. The third kappa shape index (κ3) is 3.34. The molecule has 2 N–H and O–H groups in total. The molecule has 0 amide bonds. The minimum absolute atomic E-state index is 0.177. The maximum Gasteiger partial charge on any atom is 0.0406 e. The van der Waals surface area contributed by atoms with Crippen LogP contribution in [-0.2, 0) is 12.8 Å². The molecule has 0 spiro atoms. The lowest BCUT2D eigenvalue weighted by Crippen LogP contribution is -2.25. The Labute approximate surface area is 105 Å². The van der Waals surface area contributed by atoms with Gasteiger partial charge in [0, 0.05) is 11.1 Å². The fraction of sp³-hybridized carbons (Fsp3) is 0.231. The van der Waals surface area contributed by atoms with Gasteiger partial charge >= 0.3 is 0 Å². The second-order valence-corrected chi connectivity index (χ2v) is 5.14. The fourth-order valence-corrected chi connectivity index (χ4v) is 2.51. The quantitative estimate of drug-likeness (QED) is 0.884. The monoisotopic (exact) mass is 251 g/mol. The van der Waals surface area contributed by atoms with Crippen molar-refractivity contribution in [3.8, 4) is 0 Å². The van der Waals surface area contributed by atoms with E-state index in [0.29, 0.717) is 0 Å². The van der Waals surface area contributed by atoms with Crippen molar-refractivity contribution < 1.29 is 0 Å². The number of nitrogens with two attached hydrogens (primary N) is 1. The van der Waals surface area contributed by atoms with Gasteiger partial charge in [0.2, 0.25) is 0 Å². The smallest absolute Gasteiger partial charge is 0.0406 e. The van der Waals surface area contributed by atoms with E-state index in [1.54, 1.807) is 11.3 Å². The number of rotatable bonds is 4. The van der Waals surface area contributed by atoms with Crippen LogP contribution in [0.15, 0.2) is 41.1 Å². The Balaban J connectivity index is 1.92. The lowest BCUT2D eigenvalue weighted by atomic mass is 10.0. The zero-order chi connectivity index (χ0) is 11.4. The molecule has 0 fully saturated rings. The van der Waals surface area contributed by atoms with Gasteiger partial charge in [-0.15, -0.1) is 0 Å². The Bertz CT molecular complexity index is 422. The number of halogens is 1. The van der Waals surface area contributed by atoms with Crippen molar-refractivity contribution in [2.45, 2.75) is 18.9 Å². The molecule has 1 nitrogen and oxygen atoms in total. The van der Waals surface area contributed by atoms with Gasteiger partial charge < -0.3 is 5.73 Å². The predicted octanol–water partition coefficient (Wildman–Crippen LogP) is 3.51. The minimum Gasteiger partial charge on any atom is -0.327 e. The Hall–Kier alpha value is -0.830. The highest BCUT2D eigenvalue weighted by molar-refractivity contribution is 7.07. The van der Waals surface area contributed by atoms with Gasteiger partial charge in [-0.25, -0.2) is 0 Å². The van der Waals surface area contributed by atoms with Crippen LogP contribution in [0, 0.1) is 0 Å². The molecule has 84 valence electrons. The van der Waals surface area contributed by atoms with Crippen LogP contribution in [0.25, 0.3) is 0 Å². The van der Waals surface area contributed by atoms with Gasteiger partial charge in [-0.1, -0.05) is 23.7 Å². The molecule has 3 heteroatoms. The number of hydrogen-bond acceptors (Lipinski definition) is 2. The molecule has 0 aliphatic heterocycles. The highest BCUT2D eigenvalue weighted by Gasteiger charge is 2.05. The van der Waals surface area contributed by atoms with Crippen LogP contribution in [0.1, 0.15) is 11.1 Å². The van der Waals surface area contributed by atoms with Gasteiger partial charge in [0.15, 0.2) is 0 Å². The SMILES string of the molecule is NC(Cc1ccc(Cl)cc1)Cc1ccsc1. The van der Waals surface area contributed by atoms with Gasteiger partial charge in [-0.2, -0.15) is 11.3 Å². The van der Waals surface area contributed by atoms with E-state index in [1.807, 2.05) is 24.3 Å². The summed E-state index contributed by atoms with van der Waals surface area (Å²) in [6.07, 6.45) is 1.83. The Morgan fingerprint density at radius 1 is 1.06 bits per heavy atom. The normalized spacial score (nSPS) is 12.6. The summed E-state index contributed by atoms with van der Waals surface area (Å²) in [4.78, 5) is 0. The second-order valence-electron chi connectivity index (χ2n) is 3.93. The van der Waals surface area contributed by atoms with E-state index < -0.39 is 0 Å². The van der Waals surface area contributed by atoms with Crippen LogP contribution in [0.3, 0.4) is 0 Å². The molecule has 16 heavy (non-hydrogen) atoms. The largest absolute Gasteiger partial charge is 0.327 e. The van der Waals surface area contributed by atoms with Crippen LogP contribution in [-0.4, -0.2) is 6.04 Å². The Morgan fingerprint density at radius 3 is 2.38 bits per heavy atom. The highest BCUT2D eigenvalue weighted by atomic mass is 35.5. The van der Waals surface area contributed by atoms with Crippen molar-refractivity contribution >= 4 is 22.9 Å². The lowest BCUT2D eigenvalue weighted by molar-refractivity contribution is 0.666. The first-order valence-electron chi connectivity index (χ1n) is 5.25. The summed E-state index contributed by atoms with van der Waals surface area (Å²) >= 11 is 7.55. The molecule has 1 heterocycles. The van der Waals surface area contributed by atoms with Crippen LogP contribution in [0.5, 0.6) is 0 Å². The molecule has 1 aromatic carbocycles. The van der Waals surface area contributed by atoms with Gasteiger partial charge in [0.05, 0.1) is 0 Å². The number of benzene rings is 1. The number of thiophene rings is 1. The fourth-order valence-electron chi connectivity index (χ4n) is 1.71. The average Bonchev–Trinajstić information content (AvgIpc) is 2.74. The summed E-state index contributed by atoms with van der Waals surface area (Å²) < 4.78 is 0. The van der Waals surface area contributed by atoms with Crippen LogP contribution in [0.2, 0.25) is 5.02 Å². The molecule has 1 unspecified atom stereocenters. The first-order valence-corrected chi connectivity index (χ1v) is 6.57. The van der Waals surface area contributed by atoms with E-state index >= 15 is 0 Å². The molecule has 0 aliphatic carbocycles. The maximum atomic E-state index is 6.11. The zero-order valence-corrected chi connectivity index (χ0v) is 10.5. The van der Waals surface area contributed by atoms with Crippen molar-refractivity contribution in [3.05, 3.63) is 57.2 Å². The molecular weight excluding hydrogens is 238 g/mol. The molecule has 0 saturated heterocycles. The van der Waals surface area contributed by atoms with Crippen molar-refractivity contribution in [3.63, 3.8) is 0 Å². The summed E-state index contributed by atoms with van der Waals surface area (Å²) in [6.45, 7) is 0. The van der Waals surface area contributed by atoms with Gasteiger partial charge in [-0.05, 0) is 52.9 Å². The molecule has 0 saturated carbocycles. The minimum atomic E-state index is 0.177. The molecule has 2 aromatic rings. The Morgan fingerprint density at radius 2 is 1.75 bits per heavy atom. The lowest BCUT2D eigenvalue weighted by Gasteiger charge is -2.10. The van der Waals surface area contributed by atoms with Crippen molar-refractivity contribution in [2.75, 3.05) is 0 Å². The average molecular weight is 252 g/mol. The zero-order valence-electron chi connectivity index (χ0n) is 8.90. The summed E-state index contributed by atoms with van der Waals surface area (Å²) in [6, 6.07) is 10.2. The van der Waals surface area contributed by atoms with Crippen LogP contribution >= 0.6 is 22.9 Å². The highest BCUT2D eigenvalue weighted by Crippen LogP contribution is 2.13. The van der Waals surface area contributed by atoms with Gasteiger partial charge in [-0.3, -0.25) is 0 Å². The van der Waals surface area contributed by atoms with E-state index in [0.717, 1.165) is 17.9 Å². The van der Waals surface area contributed by atoms with Gasteiger partial charge in [0.25, 0.3) is 0 Å². The molecule has 0 radical (unpaired) electrons. The first-order chi connectivity index (χ1) is 7.74.